The predicted octanol–water partition coefficient (Wildman–Crippen LogP) is 24.6. The fraction of sp³-hybridized carbons (Fsp3) is 0.640. The lowest BCUT2D eigenvalue weighted by Crippen LogP contribution is -2.30. The molecule has 0 aliphatic rings. The van der Waals surface area contributed by atoms with Crippen LogP contribution in [0.25, 0.3) is 0 Å². The quantitative estimate of drug-likeness (QED) is 0.0169. The van der Waals surface area contributed by atoms with E-state index in [9.17, 15) is 43.2 Å². The van der Waals surface area contributed by atoms with Gasteiger partial charge in [0.1, 0.15) is 19.3 Å². The molecular weight excluding hydrogens is 1400 g/mol. The first kappa shape index (κ1) is 102. The molecule has 0 fully saturated rings. The summed E-state index contributed by atoms with van der Waals surface area (Å²) in [6.45, 7) is 4.56. The van der Waals surface area contributed by atoms with E-state index < -0.39 is 97.5 Å². The van der Waals surface area contributed by atoms with Crippen molar-refractivity contribution >= 4 is 39.5 Å². The van der Waals surface area contributed by atoms with Crippen LogP contribution in [0.3, 0.4) is 0 Å². The number of aliphatic hydroxyl groups is 1. The first-order valence-corrected chi connectivity index (χ1v) is 44.4. The van der Waals surface area contributed by atoms with Crippen LogP contribution in [0.4, 0.5) is 0 Å². The minimum absolute atomic E-state index is 0.00405. The Labute approximate surface area is 654 Å². The number of esters is 4. The Balaban J connectivity index is 5.56. The second-order valence-electron chi connectivity index (χ2n) is 27.0. The summed E-state index contributed by atoms with van der Waals surface area (Å²) in [7, 11) is -10.0. The van der Waals surface area contributed by atoms with Crippen molar-refractivity contribution in [1.29, 1.82) is 0 Å². The number of phosphoric acid groups is 2. The molecule has 3 N–H and O–H groups in total. The lowest BCUT2D eigenvalue weighted by molar-refractivity contribution is -0.161. The number of hydrogen-bond acceptors (Lipinski definition) is 15. The highest BCUT2D eigenvalue weighted by Crippen LogP contribution is 2.45. The second-order valence-corrected chi connectivity index (χ2v) is 29.9. The average Bonchev–Trinajstić information content (AvgIpc) is 0.892. The molecule has 0 aromatic rings. The molecule has 0 bridgehead atoms. The molecule has 0 aliphatic heterocycles. The van der Waals surface area contributed by atoms with Crippen LogP contribution in [-0.2, 0) is 65.4 Å². The number of aliphatic hydroxyl groups excluding tert-OH is 1. The maximum absolute atomic E-state index is 13.1. The number of unbranched alkanes of at least 4 members (excludes halogenated alkanes) is 22. The van der Waals surface area contributed by atoms with E-state index in [4.69, 9.17) is 37.0 Å². The number of allylic oxidation sites excluding steroid dienone is 28. The molecule has 17 nitrogen and oxygen atoms in total. The number of hydrogen-bond donors (Lipinski definition) is 3. The smallest absolute Gasteiger partial charge is 0.462 e. The molecule has 2 unspecified atom stereocenters. The molecule has 108 heavy (non-hydrogen) atoms. The van der Waals surface area contributed by atoms with Crippen LogP contribution in [0, 0.1) is 0 Å². The van der Waals surface area contributed by atoms with Gasteiger partial charge in [0.25, 0.3) is 0 Å². The summed E-state index contributed by atoms with van der Waals surface area (Å²) in [6.07, 6.45) is 95.1. The van der Waals surface area contributed by atoms with Crippen LogP contribution in [0.15, 0.2) is 170 Å². The number of rotatable bonds is 76. The van der Waals surface area contributed by atoms with Crippen molar-refractivity contribution in [2.45, 2.75) is 329 Å². The van der Waals surface area contributed by atoms with Crippen molar-refractivity contribution in [2.24, 2.45) is 0 Å². The molecule has 5 atom stereocenters. The number of carbonyl (C=O) groups excluding carboxylic acids is 4. The summed E-state index contributed by atoms with van der Waals surface area (Å²) in [4.78, 5) is 73.0. The van der Waals surface area contributed by atoms with Crippen LogP contribution in [0.1, 0.15) is 310 Å². The Bertz CT molecular complexity index is 2710. The van der Waals surface area contributed by atoms with E-state index in [-0.39, 0.29) is 25.7 Å². The molecule has 0 radical (unpaired) electrons. The van der Waals surface area contributed by atoms with E-state index in [1.165, 1.54) is 109 Å². The molecule has 0 saturated heterocycles. The number of phosphoric ester groups is 2. The maximum atomic E-state index is 13.1. The Morgan fingerprint density at radius 1 is 0.259 bits per heavy atom. The second kappa shape index (κ2) is 79.5. The Morgan fingerprint density at radius 2 is 0.481 bits per heavy atom. The van der Waals surface area contributed by atoms with Crippen LogP contribution < -0.4 is 0 Å². The van der Waals surface area contributed by atoms with Gasteiger partial charge < -0.3 is 33.8 Å². The van der Waals surface area contributed by atoms with E-state index in [1.807, 2.05) is 48.6 Å². The molecule has 0 aromatic heterocycles. The van der Waals surface area contributed by atoms with E-state index >= 15 is 0 Å². The van der Waals surface area contributed by atoms with Gasteiger partial charge in [0.05, 0.1) is 26.4 Å². The highest BCUT2D eigenvalue weighted by Gasteiger charge is 2.30. The average molecular weight is 1550 g/mol. The normalized spacial score (nSPS) is 14.7. The SMILES string of the molecule is CCCCC/C=C\C/C=C\C/C=C\C/C=C\C/C=C\CCC(=O)OC[C@H](COP(=O)(O)OC[C@@H](O)COP(=O)(O)OC[C@@H](COC(=O)CCCCCCCCCCCCCCC)OC(=O)CC/C=C\C/C=C\C/C=C\C/C=C\C/C=C\CCCCC)OC(=O)CCC/C=C\C/C=C\C/C=C\C/C=C\CCCCC. The Morgan fingerprint density at radius 3 is 0.796 bits per heavy atom. The van der Waals surface area contributed by atoms with Crippen molar-refractivity contribution in [3.05, 3.63) is 170 Å². The van der Waals surface area contributed by atoms with Crippen LogP contribution in [0.2, 0.25) is 0 Å². The Kier molecular flexibility index (Phi) is 75.4. The molecule has 0 saturated carbocycles. The zero-order chi connectivity index (χ0) is 78.9. The van der Waals surface area contributed by atoms with Gasteiger partial charge in [0.15, 0.2) is 12.2 Å². The zero-order valence-electron chi connectivity index (χ0n) is 67.2. The molecule has 0 aliphatic carbocycles. The van der Waals surface area contributed by atoms with E-state index in [1.54, 1.807) is 0 Å². The highest BCUT2D eigenvalue weighted by atomic mass is 31.2. The third-order valence-electron chi connectivity index (χ3n) is 16.7. The molecule has 19 heteroatoms. The molecule has 0 amide bonds. The summed E-state index contributed by atoms with van der Waals surface area (Å²) < 4.78 is 68.4. The summed E-state index contributed by atoms with van der Waals surface area (Å²) in [5, 5.41) is 10.6. The molecular formula is C89H146O17P2. The summed E-state index contributed by atoms with van der Waals surface area (Å²) in [5.41, 5.74) is 0. The first-order chi connectivity index (χ1) is 52.7. The standard InChI is InChI=1S/C89H146O17P2/c1-5-9-13-17-21-25-29-33-36-39-41-44-46-50-54-58-62-66-70-74-87(92)100-80-85(106-88(93)75-71-67-63-59-55-51-47-43-38-35-31-27-23-19-15-11-7-3)82-104-108(97,98)102-78-83(90)77-101-107(95,96)103-81-84(79-99-86(91)73-69-65-61-57-53-49-32-28-24-20-16-12-8-4)105-89(94)76-72-68-64-60-56-52-48-45-42-40-37-34-30-26-22-18-14-10-6-2/h21-23,25-27,33-38,41-42,44-45,47,50-52,54,56,59,62-64,66,68,83-85,90H,5-20,24,28-32,39-40,43,46,48-49,53,55,57-58,60-61,65,67,69-82H2,1-4H3,(H,95,96)(H,97,98)/b25-21-,26-22-,27-23-,36-33-,37-34-,38-35-,44-41-,45-42-,51-47-,54-50-,56-52-,63-59-,66-62-,68-64-/t83-,84+,85+/m0/s1. The van der Waals surface area contributed by atoms with Gasteiger partial charge in [-0.25, -0.2) is 9.13 Å². The Hall–Kier alpha value is -5.58. The van der Waals surface area contributed by atoms with Crippen molar-refractivity contribution in [1.82, 2.24) is 0 Å². The van der Waals surface area contributed by atoms with E-state index in [2.05, 4.69) is 149 Å². The van der Waals surface area contributed by atoms with Crippen LogP contribution in [0.5, 0.6) is 0 Å². The number of carbonyl (C=O) groups is 4. The molecule has 614 valence electrons. The topological polar surface area (TPSA) is 237 Å². The van der Waals surface area contributed by atoms with Gasteiger partial charge in [-0.3, -0.25) is 37.3 Å². The highest BCUT2D eigenvalue weighted by molar-refractivity contribution is 7.47. The molecule has 0 spiro atoms. The molecule has 0 rings (SSSR count). The van der Waals surface area contributed by atoms with Crippen molar-refractivity contribution in [3.63, 3.8) is 0 Å². The summed E-state index contributed by atoms with van der Waals surface area (Å²) in [6, 6.07) is 0. The largest absolute Gasteiger partial charge is 0.472 e. The van der Waals surface area contributed by atoms with Gasteiger partial charge in [0, 0.05) is 25.7 Å². The third-order valence-corrected chi connectivity index (χ3v) is 18.6. The van der Waals surface area contributed by atoms with Gasteiger partial charge in [0.2, 0.25) is 0 Å². The summed E-state index contributed by atoms with van der Waals surface area (Å²) >= 11 is 0. The van der Waals surface area contributed by atoms with Crippen molar-refractivity contribution in [2.75, 3.05) is 39.6 Å². The minimum atomic E-state index is -5.02. The monoisotopic (exact) mass is 1550 g/mol. The fourth-order valence-electron chi connectivity index (χ4n) is 10.4. The van der Waals surface area contributed by atoms with E-state index in [0.717, 1.165) is 103 Å². The van der Waals surface area contributed by atoms with Gasteiger partial charge in [-0.2, -0.15) is 0 Å². The lowest BCUT2D eigenvalue weighted by atomic mass is 10.0. The fourth-order valence-corrected chi connectivity index (χ4v) is 11.9. The number of ether oxygens (including phenoxy) is 4. The van der Waals surface area contributed by atoms with Gasteiger partial charge in [-0.15, -0.1) is 0 Å². The van der Waals surface area contributed by atoms with E-state index in [0.29, 0.717) is 44.9 Å². The van der Waals surface area contributed by atoms with Crippen LogP contribution in [-0.4, -0.2) is 96.7 Å². The van der Waals surface area contributed by atoms with Gasteiger partial charge >= 0.3 is 39.5 Å². The first-order valence-electron chi connectivity index (χ1n) is 41.4. The molecule has 0 heterocycles. The minimum Gasteiger partial charge on any atom is -0.462 e. The predicted molar refractivity (Wildman–Crippen MR) is 445 cm³/mol. The van der Waals surface area contributed by atoms with Crippen LogP contribution >= 0.6 is 15.6 Å². The molecule has 0 aromatic carbocycles. The zero-order valence-corrected chi connectivity index (χ0v) is 69.0. The maximum Gasteiger partial charge on any atom is 0.472 e. The van der Waals surface area contributed by atoms with Crippen molar-refractivity contribution < 1.29 is 80.2 Å². The van der Waals surface area contributed by atoms with Crippen molar-refractivity contribution in [3.8, 4) is 0 Å². The summed E-state index contributed by atoms with van der Waals surface area (Å²) in [5.74, 6) is -2.44. The van der Waals surface area contributed by atoms with Gasteiger partial charge in [-0.05, 0) is 141 Å². The van der Waals surface area contributed by atoms with Gasteiger partial charge in [-0.1, -0.05) is 313 Å². The third kappa shape index (κ3) is 78.5. The lowest BCUT2D eigenvalue weighted by Gasteiger charge is -2.21.